The van der Waals surface area contributed by atoms with Crippen LogP contribution in [0.2, 0.25) is 0 Å². The lowest BCUT2D eigenvalue weighted by Crippen LogP contribution is -2.68. The molecule has 2 amide bonds. The van der Waals surface area contributed by atoms with Gasteiger partial charge < -0.3 is 15.3 Å². The van der Waals surface area contributed by atoms with Gasteiger partial charge in [0.05, 0.1) is 6.61 Å². The Morgan fingerprint density at radius 2 is 1.84 bits per heavy atom. The molecule has 2 aliphatic rings. The molecule has 5 nitrogen and oxygen atoms in total. The molecule has 4 rings (SSSR count). The molecule has 1 unspecified atom stereocenters. The fraction of sp³-hybridized carbons (Fsp3) is 0.500. The number of hydrogen-bond donors (Lipinski definition) is 2. The molecule has 5 heteroatoms. The highest BCUT2D eigenvalue weighted by Gasteiger charge is 2.49. The Kier molecular flexibility index (Phi) is 6.63. The molecule has 2 aliphatic heterocycles. The molecule has 2 N–H and O–H groups in total. The van der Waals surface area contributed by atoms with Crippen LogP contribution in [0.1, 0.15) is 43.7 Å². The zero-order valence-corrected chi connectivity index (χ0v) is 18.9. The number of urea groups is 1. The van der Waals surface area contributed by atoms with Crippen molar-refractivity contribution in [3.05, 3.63) is 59.7 Å². The number of aliphatic hydroxyl groups excluding tert-OH is 1. The molecule has 0 saturated carbocycles. The molecule has 2 aromatic carbocycles. The van der Waals surface area contributed by atoms with Crippen molar-refractivity contribution in [2.45, 2.75) is 57.7 Å². The molecule has 2 aromatic rings. The van der Waals surface area contributed by atoms with Crippen LogP contribution >= 0.6 is 0 Å². The lowest BCUT2D eigenvalue weighted by molar-refractivity contribution is -0.0591. The zero-order chi connectivity index (χ0) is 22.0. The second-order valence-corrected chi connectivity index (χ2v) is 9.33. The van der Waals surface area contributed by atoms with Gasteiger partial charge >= 0.3 is 6.03 Å². The Morgan fingerprint density at radius 3 is 2.52 bits per heavy atom. The van der Waals surface area contributed by atoms with Gasteiger partial charge in [0.2, 0.25) is 0 Å². The fourth-order valence-corrected chi connectivity index (χ4v) is 5.19. The number of amides is 2. The highest BCUT2D eigenvalue weighted by atomic mass is 16.3. The van der Waals surface area contributed by atoms with E-state index in [-0.39, 0.29) is 36.7 Å². The van der Waals surface area contributed by atoms with Crippen molar-refractivity contribution >= 4 is 6.03 Å². The van der Waals surface area contributed by atoms with Crippen molar-refractivity contribution in [3.63, 3.8) is 0 Å². The van der Waals surface area contributed by atoms with Gasteiger partial charge in [0.15, 0.2) is 0 Å². The summed E-state index contributed by atoms with van der Waals surface area (Å²) in [6.07, 6.45) is 2.06. The minimum absolute atomic E-state index is 0.0258. The van der Waals surface area contributed by atoms with Crippen molar-refractivity contribution in [3.8, 4) is 11.1 Å². The summed E-state index contributed by atoms with van der Waals surface area (Å²) in [5, 5.41) is 13.2. The van der Waals surface area contributed by atoms with E-state index in [0.29, 0.717) is 6.54 Å². The molecular weight excluding hydrogens is 386 g/mol. The Bertz CT molecular complexity index is 896. The third kappa shape index (κ3) is 4.63. The fourth-order valence-electron chi connectivity index (χ4n) is 5.19. The molecule has 31 heavy (non-hydrogen) atoms. The second-order valence-electron chi connectivity index (χ2n) is 9.33. The van der Waals surface area contributed by atoms with Crippen LogP contribution in [0.5, 0.6) is 0 Å². The normalized spacial score (nSPS) is 24.2. The number of nitrogens with one attached hydrogen (secondary N) is 1. The standard InChI is InChI=1S/C26H35N3O2/c1-18(2)27-26(31)28-13-4-5-14-29-23(16-28)25(24(29)17-30)21-11-9-20(10-12-21)22-8-6-7-19(3)15-22/h6-12,15,18,23-25,30H,4-5,13-14,16-17H2,1-3H3,(H,27,31)/t23-,24+,25?/m0/s1. The van der Waals surface area contributed by atoms with Crippen molar-refractivity contribution in [1.29, 1.82) is 0 Å². The summed E-state index contributed by atoms with van der Waals surface area (Å²) in [5.74, 6) is 0.240. The van der Waals surface area contributed by atoms with E-state index in [1.165, 1.54) is 22.3 Å². The number of nitrogens with zero attached hydrogens (tertiary/aromatic N) is 2. The van der Waals surface area contributed by atoms with Crippen molar-refractivity contribution in [1.82, 2.24) is 15.1 Å². The van der Waals surface area contributed by atoms with Gasteiger partial charge in [-0.3, -0.25) is 4.90 Å². The van der Waals surface area contributed by atoms with Gasteiger partial charge in [-0.05, 0) is 56.8 Å². The second kappa shape index (κ2) is 9.41. The number of carbonyl (C=O) groups is 1. The molecule has 166 valence electrons. The number of hydrogen-bond acceptors (Lipinski definition) is 3. The van der Waals surface area contributed by atoms with E-state index in [0.717, 1.165) is 25.9 Å². The Morgan fingerprint density at radius 1 is 1.10 bits per heavy atom. The van der Waals surface area contributed by atoms with Gasteiger partial charge in [-0.25, -0.2) is 4.79 Å². The summed E-state index contributed by atoms with van der Waals surface area (Å²) < 4.78 is 0. The van der Waals surface area contributed by atoms with Crippen molar-refractivity contribution < 1.29 is 9.90 Å². The smallest absolute Gasteiger partial charge is 0.317 e. The molecular formula is C26H35N3O2. The van der Waals surface area contributed by atoms with Crippen LogP contribution in [0.15, 0.2) is 48.5 Å². The van der Waals surface area contributed by atoms with Crippen LogP contribution in [0.25, 0.3) is 11.1 Å². The number of rotatable bonds is 4. The molecule has 2 saturated heterocycles. The predicted molar refractivity (Wildman–Crippen MR) is 125 cm³/mol. The van der Waals surface area contributed by atoms with Crippen LogP contribution in [0.3, 0.4) is 0 Å². The lowest BCUT2D eigenvalue weighted by atomic mass is 9.74. The summed E-state index contributed by atoms with van der Waals surface area (Å²) in [7, 11) is 0. The topological polar surface area (TPSA) is 55.8 Å². The van der Waals surface area contributed by atoms with Gasteiger partial charge in [0.25, 0.3) is 0 Å². The third-order valence-electron chi connectivity index (χ3n) is 6.72. The number of fused-ring (bicyclic) bond motifs is 1. The van der Waals surface area contributed by atoms with Crippen molar-refractivity contribution in [2.75, 3.05) is 26.2 Å². The first-order valence-corrected chi connectivity index (χ1v) is 11.6. The van der Waals surface area contributed by atoms with E-state index < -0.39 is 0 Å². The molecule has 0 aliphatic carbocycles. The Labute approximate surface area is 186 Å². The Balaban J connectivity index is 1.55. The summed E-state index contributed by atoms with van der Waals surface area (Å²) >= 11 is 0. The lowest BCUT2D eigenvalue weighted by Gasteiger charge is -2.57. The summed E-state index contributed by atoms with van der Waals surface area (Å²) in [6, 6.07) is 17.9. The quantitative estimate of drug-likeness (QED) is 0.784. The van der Waals surface area contributed by atoms with Crippen LogP contribution in [-0.2, 0) is 0 Å². The molecule has 0 aromatic heterocycles. The van der Waals surface area contributed by atoms with Crippen LogP contribution < -0.4 is 5.32 Å². The molecule has 0 spiro atoms. The number of benzene rings is 2. The predicted octanol–water partition coefficient (Wildman–Crippen LogP) is 4.00. The van der Waals surface area contributed by atoms with Gasteiger partial charge in [-0.1, -0.05) is 54.1 Å². The summed E-state index contributed by atoms with van der Waals surface area (Å²) in [4.78, 5) is 17.1. The Hall–Kier alpha value is -2.37. The number of aliphatic hydroxyl groups is 1. The highest BCUT2D eigenvalue weighted by molar-refractivity contribution is 5.74. The van der Waals surface area contributed by atoms with Gasteiger partial charge in [0.1, 0.15) is 0 Å². The van der Waals surface area contributed by atoms with Crippen LogP contribution in [0, 0.1) is 6.92 Å². The van der Waals surface area contributed by atoms with Crippen LogP contribution in [0.4, 0.5) is 4.79 Å². The average molecular weight is 422 g/mol. The molecule has 0 bridgehead atoms. The third-order valence-corrected chi connectivity index (χ3v) is 6.72. The average Bonchev–Trinajstić information content (AvgIpc) is 2.72. The first-order valence-electron chi connectivity index (χ1n) is 11.6. The van der Waals surface area contributed by atoms with E-state index in [1.54, 1.807) is 0 Å². The van der Waals surface area contributed by atoms with Gasteiger partial charge in [-0.2, -0.15) is 0 Å². The highest BCUT2D eigenvalue weighted by Crippen LogP contribution is 2.42. The minimum atomic E-state index is 0.0258. The largest absolute Gasteiger partial charge is 0.395 e. The molecule has 0 radical (unpaired) electrons. The maximum absolute atomic E-state index is 12.7. The molecule has 2 heterocycles. The number of carbonyl (C=O) groups excluding carboxylic acids is 1. The van der Waals surface area contributed by atoms with E-state index >= 15 is 0 Å². The summed E-state index contributed by atoms with van der Waals surface area (Å²) in [5.41, 5.74) is 4.94. The van der Waals surface area contributed by atoms with Gasteiger partial charge in [0, 0.05) is 37.1 Å². The molecule has 2 fully saturated rings. The maximum Gasteiger partial charge on any atom is 0.317 e. The van der Waals surface area contributed by atoms with Gasteiger partial charge in [-0.15, -0.1) is 0 Å². The number of aryl methyl sites for hydroxylation is 1. The first kappa shape index (κ1) is 21.8. The van der Waals surface area contributed by atoms with E-state index in [2.05, 4.69) is 65.7 Å². The summed E-state index contributed by atoms with van der Waals surface area (Å²) in [6.45, 7) is 8.76. The van der Waals surface area contributed by atoms with E-state index in [4.69, 9.17) is 0 Å². The van der Waals surface area contributed by atoms with Crippen molar-refractivity contribution in [2.24, 2.45) is 0 Å². The van der Waals surface area contributed by atoms with E-state index in [1.807, 2.05) is 18.7 Å². The molecule has 3 atom stereocenters. The van der Waals surface area contributed by atoms with Crippen LogP contribution in [-0.4, -0.2) is 65.3 Å². The first-order chi connectivity index (χ1) is 15.0. The maximum atomic E-state index is 12.7. The monoisotopic (exact) mass is 421 g/mol. The zero-order valence-electron chi connectivity index (χ0n) is 18.9. The SMILES string of the molecule is Cc1cccc(-c2ccc(C3[C@@H](CO)N4CCCCN(C(=O)NC(C)C)C[C@@H]34)cc2)c1. The van der Waals surface area contributed by atoms with E-state index in [9.17, 15) is 9.90 Å². The minimum Gasteiger partial charge on any atom is -0.395 e.